The molecule has 0 aliphatic heterocycles. The van der Waals surface area contributed by atoms with Gasteiger partial charge in [0.25, 0.3) is 5.91 Å². The Morgan fingerprint density at radius 1 is 1.26 bits per heavy atom. The lowest BCUT2D eigenvalue weighted by Gasteiger charge is -2.20. The number of nitrogens with zero attached hydrogens (tertiary/aromatic N) is 1. The van der Waals surface area contributed by atoms with E-state index < -0.39 is 5.97 Å². The summed E-state index contributed by atoms with van der Waals surface area (Å²) in [6, 6.07) is 3.51. The van der Waals surface area contributed by atoms with Gasteiger partial charge in [-0.25, -0.2) is 0 Å². The number of hydrogen-bond donors (Lipinski definition) is 0. The minimum absolute atomic E-state index is 0.0743. The van der Waals surface area contributed by atoms with Crippen LogP contribution in [0.25, 0.3) is 0 Å². The molecular weight excluding hydrogens is 266 g/mol. The van der Waals surface area contributed by atoms with Crippen LogP contribution in [0.15, 0.2) is 12.1 Å². The van der Waals surface area contributed by atoms with Gasteiger partial charge in [0.2, 0.25) is 0 Å². The Kier molecular flexibility index (Phi) is 5.36. The number of likely N-dealkylation sites (N-methyl/N-ethyl adjacent to an activating group) is 1. The van der Waals surface area contributed by atoms with Crippen LogP contribution in [-0.2, 0) is 9.53 Å². The summed E-state index contributed by atoms with van der Waals surface area (Å²) >= 11 is 6.10. The highest BCUT2D eigenvalue weighted by Crippen LogP contribution is 2.22. The molecule has 0 saturated heterocycles. The lowest BCUT2D eigenvalue weighted by molar-refractivity contribution is -0.141. The third kappa shape index (κ3) is 3.70. The molecule has 0 aliphatic rings. The molecule has 0 aliphatic carbocycles. The Morgan fingerprint density at radius 3 is 2.37 bits per heavy atom. The first-order valence-electron chi connectivity index (χ1n) is 6.03. The van der Waals surface area contributed by atoms with Crippen molar-refractivity contribution in [2.45, 2.75) is 20.8 Å². The van der Waals surface area contributed by atoms with Crippen LogP contribution in [0.3, 0.4) is 0 Å². The highest BCUT2D eigenvalue weighted by Gasteiger charge is 2.20. The molecule has 0 unspecified atom stereocenters. The highest BCUT2D eigenvalue weighted by atomic mass is 35.5. The predicted molar refractivity (Wildman–Crippen MR) is 74.5 cm³/mol. The van der Waals surface area contributed by atoms with Gasteiger partial charge in [-0.1, -0.05) is 11.6 Å². The quantitative estimate of drug-likeness (QED) is 0.798. The number of carbonyl (C=O) groups excluding carboxylic acids is 2. The molecule has 0 spiro atoms. The van der Waals surface area contributed by atoms with E-state index in [2.05, 4.69) is 4.74 Å². The van der Waals surface area contributed by atoms with Crippen molar-refractivity contribution in [3.63, 3.8) is 0 Å². The summed E-state index contributed by atoms with van der Waals surface area (Å²) in [5.74, 6) is -0.712. The Bertz CT molecular complexity index is 500. The summed E-state index contributed by atoms with van der Waals surface area (Å²) in [5, 5.41) is 0.399. The van der Waals surface area contributed by atoms with Crippen molar-refractivity contribution in [3.8, 4) is 0 Å². The molecule has 0 radical (unpaired) electrons. The van der Waals surface area contributed by atoms with Gasteiger partial charge in [-0.2, -0.15) is 0 Å². The Hall–Kier alpha value is -1.55. The topological polar surface area (TPSA) is 46.6 Å². The fraction of sp³-hybridized carbons (Fsp3) is 0.429. The van der Waals surface area contributed by atoms with Crippen molar-refractivity contribution in [1.82, 2.24) is 4.90 Å². The second kappa shape index (κ2) is 6.57. The maximum atomic E-state index is 12.3. The fourth-order valence-corrected chi connectivity index (χ4v) is 1.96. The molecule has 5 heteroatoms. The van der Waals surface area contributed by atoms with E-state index >= 15 is 0 Å². The third-order valence-electron chi connectivity index (χ3n) is 3.03. The Balaban J connectivity index is 3.04. The van der Waals surface area contributed by atoms with Gasteiger partial charge in [0.15, 0.2) is 0 Å². The van der Waals surface area contributed by atoms with Crippen molar-refractivity contribution in [1.29, 1.82) is 0 Å². The number of ether oxygens (including phenoxy) is 1. The molecule has 1 aromatic carbocycles. The summed E-state index contributed by atoms with van der Waals surface area (Å²) in [4.78, 5) is 25.0. The van der Waals surface area contributed by atoms with E-state index in [0.29, 0.717) is 17.1 Å². The van der Waals surface area contributed by atoms with Gasteiger partial charge in [0.1, 0.15) is 6.54 Å². The van der Waals surface area contributed by atoms with E-state index in [-0.39, 0.29) is 12.5 Å². The molecule has 0 saturated carbocycles. The number of amides is 1. The van der Waals surface area contributed by atoms with Crippen LogP contribution in [0.1, 0.15) is 28.4 Å². The van der Waals surface area contributed by atoms with E-state index in [1.165, 1.54) is 12.0 Å². The second-order valence-electron chi connectivity index (χ2n) is 4.31. The van der Waals surface area contributed by atoms with E-state index in [9.17, 15) is 9.59 Å². The fourth-order valence-electron chi connectivity index (χ4n) is 1.66. The molecule has 4 nitrogen and oxygen atoms in total. The molecule has 1 aromatic rings. The summed E-state index contributed by atoms with van der Waals surface area (Å²) in [7, 11) is 1.30. The minimum Gasteiger partial charge on any atom is -0.468 e. The van der Waals surface area contributed by atoms with E-state index in [1.54, 1.807) is 19.1 Å². The molecular formula is C14H18ClNO3. The Morgan fingerprint density at radius 2 is 1.84 bits per heavy atom. The molecule has 0 aromatic heterocycles. The number of aryl methyl sites for hydroxylation is 2. The third-order valence-corrected chi connectivity index (χ3v) is 3.34. The van der Waals surface area contributed by atoms with Gasteiger partial charge in [-0.3, -0.25) is 9.59 Å². The lowest BCUT2D eigenvalue weighted by Crippen LogP contribution is -2.36. The summed E-state index contributed by atoms with van der Waals surface area (Å²) in [5.41, 5.74) is 2.43. The number of methoxy groups -OCH3 is 1. The van der Waals surface area contributed by atoms with Crippen molar-refractivity contribution in [3.05, 3.63) is 33.8 Å². The van der Waals surface area contributed by atoms with E-state index in [1.807, 2.05) is 13.8 Å². The monoisotopic (exact) mass is 283 g/mol. The van der Waals surface area contributed by atoms with Crippen LogP contribution in [0.5, 0.6) is 0 Å². The molecule has 0 atom stereocenters. The van der Waals surface area contributed by atoms with Crippen molar-refractivity contribution < 1.29 is 14.3 Å². The predicted octanol–water partition coefficient (Wildman–Crippen LogP) is 2.59. The maximum Gasteiger partial charge on any atom is 0.325 e. The number of halogens is 1. The summed E-state index contributed by atoms with van der Waals surface area (Å²) < 4.78 is 4.58. The van der Waals surface area contributed by atoms with Crippen LogP contribution in [0.2, 0.25) is 5.02 Å². The first-order valence-corrected chi connectivity index (χ1v) is 6.41. The molecule has 1 amide bonds. The first kappa shape index (κ1) is 15.5. The number of benzene rings is 1. The SMILES string of the molecule is CCN(CC(=O)OC)C(=O)c1cc(C)c(C)cc1Cl. The van der Waals surface area contributed by atoms with Gasteiger partial charge in [0, 0.05) is 6.54 Å². The number of rotatable bonds is 4. The van der Waals surface area contributed by atoms with Gasteiger partial charge in [0.05, 0.1) is 17.7 Å². The molecule has 0 N–H and O–H groups in total. The lowest BCUT2D eigenvalue weighted by atomic mass is 10.1. The average molecular weight is 284 g/mol. The highest BCUT2D eigenvalue weighted by molar-refractivity contribution is 6.34. The van der Waals surface area contributed by atoms with Crippen molar-refractivity contribution in [2.75, 3.05) is 20.2 Å². The van der Waals surface area contributed by atoms with Gasteiger partial charge >= 0.3 is 5.97 Å². The van der Waals surface area contributed by atoms with Crippen LogP contribution >= 0.6 is 11.6 Å². The average Bonchev–Trinajstić information content (AvgIpc) is 2.39. The Labute approximate surface area is 118 Å². The zero-order chi connectivity index (χ0) is 14.6. The number of hydrogen-bond acceptors (Lipinski definition) is 3. The number of carbonyl (C=O) groups is 2. The standard InChI is InChI=1S/C14H18ClNO3/c1-5-16(8-13(17)19-4)14(18)11-6-9(2)10(3)7-12(11)15/h6-7H,5,8H2,1-4H3. The van der Waals surface area contributed by atoms with Crippen molar-refractivity contribution >= 4 is 23.5 Å². The largest absolute Gasteiger partial charge is 0.468 e. The van der Waals surface area contributed by atoms with Crippen molar-refractivity contribution in [2.24, 2.45) is 0 Å². The molecule has 0 fully saturated rings. The number of esters is 1. The van der Waals surface area contributed by atoms with Crippen LogP contribution in [0, 0.1) is 13.8 Å². The second-order valence-corrected chi connectivity index (χ2v) is 4.72. The van der Waals surface area contributed by atoms with Crippen LogP contribution in [-0.4, -0.2) is 37.0 Å². The smallest absolute Gasteiger partial charge is 0.325 e. The molecule has 104 valence electrons. The van der Waals surface area contributed by atoms with Gasteiger partial charge in [-0.05, 0) is 44.0 Å². The molecule has 19 heavy (non-hydrogen) atoms. The maximum absolute atomic E-state index is 12.3. The molecule has 1 rings (SSSR count). The van der Waals surface area contributed by atoms with Crippen LogP contribution in [0.4, 0.5) is 0 Å². The van der Waals surface area contributed by atoms with Gasteiger partial charge < -0.3 is 9.64 Å². The normalized spacial score (nSPS) is 10.2. The molecule has 0 bridgehead atoms. The summed E-state index contributed by atoms with van der Waals surface area (Å²) in [6.07, 6.45) is 0. The zero-order valence-corrected chi connectivity index (χ0v) is 12.4. The molecule has 0 heterocycles. The summed E-state index contributed by atoms with van der Waals surface area (Å²) in [6.45, 7) is 5.99. The zero-order valence-electron chi connectivity index (χ0n) is 11.6. The first-order chi connectivity index (χ1) is 8.90. The minimum atomic E-state index is -0.449. The van der Waals surface area contributed by atoms with E-state index in [0.717, 1.165) is 11.1 Å². The van der Waals surface area contributed by atoms with E-state index in [4.69, 9.17) is 11.6 Å². The van der Waals surface area contributed by atoms with Crippen LogP contribution < -0.4 is 0 Å². The van der Waals surface area contributed by atoms with Gasteiger partial charge in [-0.15, -0.1) is 0 Å².